The molecule has 3 amide bonds. The van der Waals surface area contributed by atoms with E-state index in [1.54, 1.807) is 43.3 Å². The number of hydrogen-bond acceptors (Lipinski definition) is 5. The number of nitrogens with zero attached hydrogens (tertiary/aromatic N) is 2. The van der Waals surface area contributed by atoms with Gasteiger partial charge in [0.05, 0.1) is 25.7 Å². The fraction of sp³-hybridized carbons (Fsp3) is 0.423. The maximum atomic E-state index is 13.6. The molecule has 1 fully saturated rings. The van der Waals surface area contributed by atoms with Crippen LogP contribution in [0.4, 0.5) is 0 Å². The van der Waals surface area contributed by atoms with Crippen LogP contribution in [0.1, 0.15) is 36.5 Å². The molecule has 2 aromatic carbocycles. The Bertz CT molecular complexity index is 1000. The Labute approximate surface area is 195 Å². The van der Waals surface area contributed by atoms with Gasteiger partial charge < -0.3 is 14.4 Å². The molecule has 0 N–H and O–H groups in total. The summed E-state index contributed by atoms with van der Waals surface area (Å²) in [5.74, 6) is -0.302. The maximum absolute atomic E-state index is 13.6. The average molecular weight is 453 g/mol. The smallest absolute Gasteiger partial charge is 0.240 e. The van der Waals surface area contributed by atoms with Gasteiger partial charge in [-0.3, -0.25) is 19.3 Å². The predicted molar refractivity (Wildman–Crippen MR) is 125 cm³/mol. The SMILES string of the molecule is CCc1ccc(CN(C)C(=O)C[C@@]2(c3cccc(OC)c3)CC(=O)N(CCOC)C2=O)cc1. The molecule has 0 saturated carbocycles. The summed E-state index contributed by atoms with van der Waals surface area (Å²) in [4.78, 5) is 42.5. The number of benzene rings is 2. The average Bonchev–Trinajstić information content (AvgIpc) is 3.07. The normalized spacial score (nSPS) is 18.0. The molecule has 176 valence electrons. The Hall–Kier alpha value is -3.19. The minimum Gasteiger partial charge on any atom is -0.497 e. The molecule has 0 unspecified atom stereocenters. The lowest BCUT2D eigenvalue weighted by Gasteiger charge is -2.29. The van der Waals surface area contributed by atoms with E-state index in [0.29, 0.717) is 17.9 Å². The summed E-state index contributed by atoms with van der Waals surface area (Å²) in [6, 6.07) is 15.2. The van der Waals surface area contributed by atoms with Gasteiger partial charge in [-0.25, -0.2) is 0 Å². The van der Waals surface area contributed by atoms with Crippen LogP contribution >= 0.6 is 0 Å². The molecule has 1 atom stereocenters. The summed E-state index contributed by atoms with van der Waals surface area (Å²) in [5.41, 5.74) is 1.58. The van der Waals surface area contributed by atoms with Gasteiger partial charge in [-0.1, -0.05) is 43.3 Å². The zero-order chi connectivity index (χ0) is 24.0. The van der Waals surface area contributed by atoms with Crippen LogP contribution in [0.25, 0.3) is 0 Å². The van der Waals surface area contributed by atoms with Crippen molar-refractivity contribution in [2.45, 2.75) is 38.1 Å². The second-order valence-corrected chi connectivity index (χ2v) is 8.43. The third kappa shape index (κ3) is 5.25. The van der Waals surface area contributed by atoms with E-state index in [1.165, 1.54) is 17.6 Å². The Kier molecular flexibility index (Phi) is 7.87. The Morgan fingerprint density at radius 3 is 2.42 bits per heavy atom. The van der Waals surface area contributed by atoms with Crippen molar-refractivity contribution in [1.29, 1.82) is 0 Å². The zero-order valence-corrected chi connectivity index (χ0v) is 19.8. The van der Waals surface area contributed by atoms with Gasteiger partial charge in [0.15, 0.2) is 0 Å². The van der Waals surface area contributed by atoms with Crippen LogP contribution < -0.4 is 4.74 Å². The predicted octanol–water partition coefficient (Wildman–Crippen LogP) is 2.95. The number of carbonyl (C=O) groups is 3. The van der Waals surface area contributed by atoms with Crippen LogP contribution in [-0.4, -0.2) is 61.9 Å². The van der Waals surface area contributed by atoms with Crippen molar-refractivity contribution in [1.82, 2.24) is 9.80 Å². The van der Waals surface area contributed by atoms with Crippen LogP contribution in [0.2, 0.25) is 0 Å². The highest BCUT2D eigenvalue weighted by atomic mass is 16.5. The summed E-state index contributed by atoms with van der Waals surface area (Å²) >= 11 is 0. The molecule has 1 aliphatic heterocycles. The number of likely N-dealkylation sites (tertiary alicyclic amines) is 1. The van der Waals surface area contributed by atoms with Crippen molar-refractivity contribution in [3.8, 4) is 5.75 Å². The minimum absolute atomic E-state index is 0.0620. The molecule has 0 bridgehead atoms. The van der Waals surface area contributed by atoms with E-state index in [2.05, 4.69) is 19.1 Å². The molecule has 0 radical (unpaired) electrons. The Morgan fingerprint density at radius 2 is 1.79 bits per heavy atom. The Balaban J connectivity index is 1.88. The summed E-state index contributed by atoms with van der Waals surface area (Å²) in [6.07, 6.45) is 0.791. The van der Waals surface area contributed by atoms with Gasteiger partial charge >= 0.3 is 0 Å². The summed E-state index contributed by atoms with van der Waals surface area (Å²) in [7, 11) is 4.78. The third-order valence-electron chi connectivity index (χ3n) is 6.28. The highest BCUT2D eigenvalue weighted by molar-refractivity contribution is 6.10. The first-order valence-electron chi connectivity index (χ1n) is 11.1. The van der Waals surface area contributed by atoms with Crippen LogP contribution in [0.15, 0.2) is 48.5 Å². The van der Waals surface area contributed by atoms with Crippen molar-refractivity contribution < 1.29 is 23.9 Å². The molecule has 0 aromatic heterocycles. The first-order valence-corrected chi connectivity index (χ1v) is 11.1. The molecule has 7 nitrogen and oxygen atoms in total. The minimum atomic E-state index is -1.27. The molecule has 0 aliphatic carbocycles. The molecular formula is C26H32N2O5. The quantitative estimate of drug-likeness (QED) is 0.518. The molecule has 1 saturated heterocycles. The maximum Gasteiger partial charge on any atom is 0.240 e. The largest absolute Gasteiger partial charge is 0.497 e. The fourth-order valence-electron chi connectivity index (χ4n) is 4.23. The lowest BCUT2D eigenvalue weighted by Crippen LogP contribution is -2.43. The molecular weight excluding hydrogens is 420 g/mol. The number of methoxy groups -OCH3 is 2. The Morgan fingerprint density at radius 1 is 1.09 bits per heavy atom. The topological polar surface area (TPSA) is 76.2 Å². The van der Waals surface area contributed by atoms with Gasteiger partial charge in [-0.15, -0.1) is 0 Å². The van der Waals surface area contributed by atoms with Gasteiger partial charge in [0.1, 0.15) is 5.75 Å². The molecule has 1 heterocycles. The van der Waals surface area contributed by atoms with Gasteiger partial charge in [-0.2, -0.15) is 0 Å². The van der Waals surface area contributed by atoms with Gasteiger partial charge in [0, 0.05) is 33.5 Å². The van der Waals surface area contributed by atoms with E-state index in [4.69, 9.17) is 9.47 Å². The first-order chi connectivity index (χ1) is 15.8. The molecule has 2 aromatic rings. The van der Waals surface area contributed by atoms with E-state index in [1.807, 2.05) is 12.1 Å². The van der Waals surface area contributed by atoms with Crippen molar-refractivity contribution in [2.24, 2.45) is 0 Å². The van der Waals surface area contributed by atoms with Crippen LogP contribution in [0.5, 0.6) is 5.75 Å². The number of carbonyl (C=O) groups excluding carboxylic acids is 3. The van der Waals surface area contributed by atoms with Gasteiger partial charge in [0.2, 0.25) is 17.7 Å². The third-order valence-corrected chi connectivity index (χ3v) is 6.28. The van der Waals surface area contributed by atoms with E-state index < -0.39 is 5.41 Å². The van der Waals surface area contributed by atoms with Crippen molar-refractivity contribution >= 4 is 17.7 Å². The van der Waals surface area contributed by atoms with Crippen molar-refractivity contribution in [3.05, 3.63) is 65.2 Å². The van der Waals surface area contributed by atoms with Crippen molar-refractivity contribution in [3.63, 3.8) is 0 Å². The first kappa shape index (κ1) is 24.5. The number of ether oxygens (including phenoxy) is 2. The molecule has 7 heteroatoms. The van der Waals surface area contributed by atoms with E-state index in [-0.39, 0.29) is 43.7 Å². The van der Waals surface area contributed by atoms with Crippen LogP contribution in [-0.2, 0) is 37.5 Å². The molecule has 1 aliphatic rings. The lowest BCUT2D eigenvalue weighted by molar-refractivity contribution is -0.143. The number of rotatable bonds is 10. The van der Waals surface area contributed by atoms with E-state index in [0.717, 1.165) is 12.0 Å². The molecule has 0 spiro atoms. The number of amides is 3. The van der Waals surface area contributed by atoms with Gasteiger partial charge in [-0.05, 0) is 35.2 Å². The number of hydrogen-bond donors (Lipinski definition) is 0. The summed E-state index contributed by atoms with van der Waals surface area (Å²) in [6.45, 7) is 2.92. The number of imide groups is 1. The van der Waals surface area contributed by atoms with E-state index in [9.17, 15) is 14.4 Å². The second kappa shape index (κ2) is 10.6. The molecule has 3 rings (SSSR count). The van der Waals surface area contributed by atoms with Gasteiger partial charge in [0.25, 0.3) is 0 Å². The van der Waals surface area contributed by atoms with E-state index >= 15 is 0 Å². The summed E-state index contributed by atoms with van der Waals surface area (Å²) < 4.78 is 10.4. The monoisotopic (exact) mass is 452 g/mol. The van der Waals surface area contributed by atoms with Crippen molar-refractivity contribution in [2.75, 3.05) is 34.4 Å². The molecule has 33 heavy (non-hydrogen) atoms. The van der Waals surface area contributed by atoms with Crippen LogP contribution in [0.3, 0.4) is 0 Å². The second-order valence-electron chi connectivity index (χ2n) is 8.43. The summed E-state index contributed by atoms with van der Waals surface area (Å²) in [5, 5.41) is 0. The fourth-order valence-corrected chi connectivity index (χ4v) is 4.23. The lowest BCUT2D eigenvalue weighted by atomic mass is 9.75. The standard InChI is InChI=1S/C26H32N2O5/c1-5-19-9-11-20(12-10-19)18-27(2)23(29)16-26(21-7-6-8-22(15-21)33-4)17-24(30)28(25(26)31)13-14-32-3/h6-12,15H,5,13-14,16-18H2,1-4H3/t26-/m0/s1. The highest BCUT2D eigenvalue weighted by Gasteiger charge is 2.54. The zero-order valence-electron chi connectivity index (χ0n) is 19.8. The highest BCUT2D eigenvalue weighted by Crippen LogP contribution is 2.41. The number of aryl methyl sites for hydroxylation is 1. The van der Waals surface area contributed by atoms with Crippen LogP contribution in [0, 0.1) is 0 Å².